The third kappa shape index (κ3) is 3.53. The molecule has 29 heavy (non-hydrogen) atoms. The van der Waals surface area contributed by atoms with Gasteiger partial charge in [0.25, 0.3) is 11.8 Å². The third-order valence-electron chi connectivity index (χ3n) is 6.54. The van der Waals surface area contributed by atoms with Gasteiger partial charge in [0.2, 0.25) is 12.3 Å². The number of fused-ring (bicyclic) bond motifs is 1. The molecule has 3 aliphatic heterocycles. The average molecular weight is 398 g/mol. The Labute approximate surface area is 169 Å². The molecule has 1 spiro atoms. The summed E-state index contributed by atoms with van der Waals surface area (Å²) in [6.45, 7) is 5.84. The highest BCUT2D eigenvalue weighted by molar-refractivity contribution is 6.22. The number of rotatable bonds is 6. The first kappa shape index (κ1) is 19.6. The summed E-state index contributed by atoms with van der Waals surface area (Å²) in [7, 11) is 0. The maximum atomic E-state index is 12.9. The molecule has 1 atom stereocenters. The zero-order chi connectivity index (χ0) is 20.6. The van der Waals surface area contributed by atoms with Crippen molar-refractivity contribution in [2.24, 2.45) is 5.41 Å². The molecular weight excluding hydrogens is 372 g/mol. The van der Waals surface area contributed by atoms with E-state index in [1.165, 1.54) is 4.90 Å². The Morgan fingerprint density at radius 3 is 2.52 bits per heavy atom. The molecule has 8 heteroatoms. The van der Waals surface area contributed by atoms with Crippen LogP contribution in [0.2, 0.25) is 0 Å². The van der Waals surface area contributed by atoms with Crippen LogP contribution in [0.5, 0.6) is 0 Å². The molecule has 2 N–H and O–H groups in total. The first-order chi connectivity index (χ1) is 13.9. The number of nitrogens with one attached hydrogen (secondary N) is 2. The monoisotopic (exact) mass is 398 g/mol. The second-order valence-corrected chi connectivity index (χ2v) is 8.37. The lowest BCUT2D eigenvalue weighted by molar-refractivity contribution is -0.125. The van der Waals surface area contributed by atoms with Gasteiger partial charge in [0, 0.05) is 44.3 Å². The summed E-state index contributed by atoms with van der Waals surface area (Å²) in [5.41, 5.74) is 2.27. The number of imide groups is 2. The highest BCUT2D eigenvalue weighted by atomic mass is 16.2. The fraction of sp³-hybridized carbons (Fsp3) is 0.524. The van der Waals surface area contributed by atoms with Crippen LogP contribution in [0.3, 0.4) is 0 Å². The minimum atomic E-state index is -0.427. The quantitative estimate of drug-likeness (QED) is 0.546. The molecule has 2 fully saturated rings. The van der Waals surface area contributed by atoms with Crippen LogP contribution in [0.4, 0.5) is 5.69 Å². The predicted molar refractivity (Wildman–Crippen MR) is 107 cm³/mol. The summed E-state index contributed by atoms with van der Waals surface area (Å²) in [5.74, 6) is -1.06. The molecule has 3 aliphatic rings. The van der Waals surface area contributed by atoms with E-state index >= 15 is 0 Å². The van der Waals surface area contributed by atoms with E-state index in [4.69, 9.17) is 0 Å². The largest absolute Gasteiger partial charge is 0.371 e. The Balaban J connectivity index is 1.45. The van der Waals surface area contributed by atoms with Gasteiger partial charge in [-0.05, 0) is 49.8 Å². The first-order valence-electron chi connectivity index (χ1n) is 10.1. The van der Waals surface area contributed by atoms with Crippen LogP contribution in [-0.4, -0.2) is 61.3 Å². The molecule has 4 rings (SSSR count). The van der Waals surface area contributed by atoms with Gasteiger partial charge in [-0.3, -0.25) is 29.4 Å². The van der Waals surface area contributed by atoms with Gasteiger partial charge in [0.1, 0.15) is 0 Å². The van der Waals surface area contributed by atoms with Gasteiger partial charge in [-0.25, -0.2) is 0 Å². The van der Waals surface area contributed by atoms with Gasteiger partial charge in [-0.2, -0.15) is 0 Å². The average Bonchev–Trinajstić information content (AvgIpc) is 2.95. The second kappa shape index (κ2) is 7.59. The van der Waals surface area contributed by atoms with Crippen molar-refractivity contribution in [2.75, 3.05) is 31.1 Å². The number of hydrogen-bond acceptors (Lipinski definition) is 6. The van der Waals surface area contributed by atoms with Gasteiger partial charge in [0.15, 0.2) is 0 Å². The lowest BCUT2D eigenvalue weighted by Crippen LogP contribution is -2.58. The highest BCUT2D eigenvalue weighted by Gasteiger charge is 2.41. The van der Waals surface area contributed by atoms with Gasteiger partial charge < -0.3 is 10.2 Å². The molecule has 0 saturated carbocycles. The van der Waals surface area contributed by atoms with E-state index in [0.717, 1.165) is 44.7 Å². The van der Waals surface area contributed by atoms with Crippen LogP contribution in [0.25, 0.3) is 0 Å². The van der Waals surface area contributed by atoms with Gasteiger partial charge >= 0.3 is 0 Å². The Morgan fingerprint density at radius 2 is 1.90 bits per heavy atom. The van der Waals surface area contributed by atoms with E-state index in [-0.39, 0.29) is 18.2 Å². The third-order valence-corrected chi connectivity index (χ3v) is 6.54. The zero-order valence-corrected chi connectivity index (χ0v) is 16.6. The van der Waals surface area contributed by atoms with Crippen molar-refractivity contribution in [3.05, 3.63) is 29.3 Å². The number of amides is 4. The number of carbonyl (C=O) groups is 4. The summed E-state index contributed by atoms with van der Waals surface area (Å²) in [4.78, 5) is 51.0. The normalized spacial score (nSPS) is 21.0. The van der Waals surface area contributed by atoms with Gasteiger partial charge in [-0.1, -0.05) is 0 Å². The predicted octanol–water partition coefficient (Wildman–Crippen LogP) is 0.914. The van der Waals surface area contributed by atoms with Crippen molar-refractivity contribution >= 4 is 29.8 Å². The van der Waals surface area contributed by atoms with Crippen LogP contribution in [-0.2, 0) is 9.59 Å². The van der Waals surface area contributed by atoms with Crippen molar-refractivity contribution in [3.8, 4) is 0 Å². The van der Waals surface area contributed by atoms with E-state index < -0.39 is 11.9 Å². The molecule has 4 amide bonds. The summed E-state index contributed by atoms with van der Waals surface area (Å²) < 4.78 is 0. The lowest BCUT2D eigenvalue weighted by Gasteiger charge is -2.49. The number of piperidine rings is 1. The van der Waals surface area contributed by atoms with Gasteiger partial charge in [-0.15, -0.1) is 0 Å². The molecular formula is C21H26N4O4. The van der Waals surface area contributed by atoms with Crippen LogP contribution < -0.4 is 15.5 Å². The molecule has 2 saturated heterocycles. The molecule has 8 nitrogen and oxygen atoms in total. The summed E-state index contributed by atoms with van der Waals surface area (Å²) >= 11 is 0. The van der Waals surface area contributed by atoms with Gasteiger partial charge in [0.05, 0.1) is 11.1 Å². The number of nitrogens with zero attached hydrogens (tertiary/aromatic N) is 2. The van der Waals surface area contributed by atoms with E-state index in [2.05, 4.69) is 15.5 Å². The standard InChI is InChI=1S/C21H26N4O4/c1-14(2-5-18(27)23-13-26)25-19(28)16-4-3-15(10-17(16)20(25)29)24-8-6-21(7-9-24)11-22-12-21/h3-4,10,13-14,22H,2,5-9,11-12H2,1H3,(H,23,26,27). The SMILES string of the molecule is CC(CCC(=O)NC=O)N1C(=O)c2ccc(N3CCC4(CC3)CNC4)cc2C1=O. The smallest absolute Gasteiger partial charge is 0.261 e. The summed E-state index contributed by atoms with van der Waals surface area (Å²) in [6, 6.07) is 5.07. The molecule has 0 aromatic heterocycles. The van der Waals surface area contributed by atoms with E-state index in [9.17, 15) is 19.2 Å². The van der Waals surface area contributed by atoms with E-state index in [1.807, 2.05) is 12.1 Å². The van der Waals surface area contributed by atoms with E-state index in [0.29, 0.717) is 29.4 Å². The Hall–Kier alpha value is -2.74. The minimum Gasteiger partial charge on any atom is -0.371 e. The molecule has 3 heterocycles. The molecule has 0 bridgehead atoms. The zero-order valence-electron chi connectivity index (χ0n) is 16.6. The first-order valence-corrected chi connectivity index (χ1v) is 10.1. The van der Waals surface area contributed by atoms with Crippen LogP contribution in [0.15, 0.2) is 18.2 Å². The lowest BCUT2D eigenvalue weighted by atomic mass is 9.73. The molecule has 1 unspecified atom stereocenters. The second-order valence-electron chi connectivity index (χ2n) is 8.37. The highest BCUT2D eigenvalue weighted by Crippen LogP contribution is 2.37. The maximum Gasteiger partial charge on any atom is 0.261 e. The van der Waals surface area contributed by atoms with Crippen LogP contribution >= 0.6 is 0 Å². The summed E-state index contributed by atoms with van der Waals surface area (Å²) in [6.07, 6.45) is 2.98. The van der Waals surface area contributed by atoms with Crippen molar-refractivity contribution in [3.63, 3.8) is 0 Å². The topological polar surface area (TPSA) is 98.8 Å². The molecule has 0 radical (unpaired) electrons. The minimum absolute atomic E-state index is 0.0724. The van der Waals surface area contributed by atoms with Crippen molar-refractivity contribution in [1.82, 2.24) is 15.5 Å². The van der Waals surface area contributed by atoms with Crippen LogP contribution in [0, 0.1) is 5.41 Å². The van der Waals surface area contributed by atoms with Crippen molar-refractivity contribution in [2.45, 2.75) is 38.6 Å². The Morgan fingerprint density at radius 1 is 1.21 bits per heavy atom. The number of benzene rings is 1. The molecule has 1 aromatic carbocycles. The number of anilines is 1. The number of hydrogen-bond donors (Lipinski definition) is 2. The Kier molecular flexibility index (Phi) is 5.12. The van der Waals surface area contributed by atoms with Crippen molar-refractivity contribution < 1.29 is 19.2 Å². The summed E-state index contributed by atoms with van der Waals surface area (Å²) in [5, 5.41) is 5.43. The van der Waals surface area contributed by atoms with E-state index in [1.54, 1.807) is 13.0 Å². The fourth-order valence-corrected chi connectivity index (χ4v) is 4.52. The van der Waals surface area contributed by atoms with Crippen LogP contribution in [0.1, 0.15) is 53.3 Å². The molecule has 1 aromatic rings. The molecule has 154 valence electrons. The van der Waals surface area contributed by atoms with Crippen molar-refractivity contribution in [1.29, 1.82) is 0 Å². The fourth-order valence-electron chi connectivity index (χ4n) is 4.52. The Bertz CT molecular complexity index is 854. The maximum absolute atomic E-state index is 12.9. The molecule has 0 aliphatic carbocycles. The number of carbonyl (C=O) groups excluding carboxylic acids is 4.